The van der Waals surface area contributed by atoms with Gasteiger partial charge in [0.05, 0.1) is 0 Å². The van der Waals surface area contributed by atoms with Crippen LogP contribution in [0, 0.1) is 34.5 Å². The second-order valence-electron chi connectivity index (χ2n) is 5.51. The van der Waals surface area contributed by atoms with E-state index in [1.54, 1.807) is 27.7 Å². The molecular weight excluding hydrogens is 281 g/mol. The number of carbonyl (C=O) groups is 1. The summed E-state index contributed by atoms with van der Waals surface area (Å²) in [7, 11) is 0. The van der Waals surface area contributed by atoms with E-state index in [-0.39, 0.29) is 0 Å². The van der Waals surface area contributed by atoms with E-state index in [0.29, 0.717) is 0 Å². The number of hydrogen-bond donors (Lipinski definition) is 1. The Morgan fingerprint density at radius 2 is 1.25 bits per heavy atom. The van der Waals surface area contributed by atoms with Gasteiger partial charge in [-0.1, -0.05) is 20.8 Å². The fraction of sp³-hybridized carbons (Fsp3) is 0.462. The van der Waals surface area contributed by atoms with Gasteiger partial charge in [0.15, 0.2) is 23.3 Å². The molecule has 1 aromatic carbocycles. The number of carbonyl (C=O) groups excluding carboxylic acids is 1. The van der Waals surface area contributed by atoms with E-state index < -0.39 is 52.0 Å². The van der Waals surface area contributed by atoms with Gasteiger partial charge in [-0.15, -0.1) is 0 Å². The molecule has 0 aliphatic heterocycles. The lowest BCUT2D eigenvalue weighted by atomic mass is 9.88. The van der Waals surface area contributed by atoms with Gasteiger partial charge < -0.3 is 5.32 Å². The molecule has 0 heterocycles. The van der Waals surface area contributed by atoms with Gasteiger partial charge in [-0.25, -0.2) is 22.0 Å². The van der Waals surface area contributed by atoms with Gasteiger partial charge in [-0.2, -0.15) is 0 Å². The predicted octanol–water partition coefficient (Wildman–Crippen LogP) is 3.55. The van der Waals surface area contributed by atoms with Crippen molar-refractivity contribution in [1.29, 1.82) is 0 Å². The van der Waals surface area contributed by atoms with E-state index in [2.05, 4.69) is 5.32 Å². The molecule has 0 spiro atoms. The van der Waals surface area contributed by atoms with Crippen molar-refractivity contribution >= 4 is 5.91 Å². The lowest BCUT2D eigenvalue weighted by molar-refractivity contribution is 0.0898. The molecule has 0 saturated heterocycles. The maximum atomic E-state index is 13.4. The fourth-order valence-electron chi connectivity index (χ4n) is 1.29. The highest BCUT2D eigenvalue weighted by molar-refractivity contribution is 5.95. The number of amides is 1. The van der Waals surface area contributed by atoms with Crippen molar-refractivity contribution < 1.29 is 26.7 Å². The zero-order valence-electron chi connectivity index (χ0n) is 11.4. The maximum Gasteiger partial charge on any atom is 0.257 e. The van der Waals surface area contributed by atoms with Crippen molar-refractivity contribution in [3.05, 3.63) is 34.6 Å². The third-order valence-corrected chi connectivity index (χ3v) is 3.08. The Hall–Kier alpha value is -1.66. The largest absolute Gasteiger partial charge is 0.349 e. The predicted molar refractivity (Wildman–Crippen MR) is 62.6 cm³/mol. The number of halogens is 5. The lowest BCUT2D eigenvalue weighted by Gasteiger charge is -2.28. The lowest BCUT2D eigenvalue weighted by Crippen LogP contribution is -2.42. The van der Waals surface area contributed by atoms with Crippen molar-refractivity contribution in [3.63, 3.8) is 0 Å². The number of nitrogens with one attached hydrogen (secondary N) is 1. The second kappa shape index (κ2) is 5.38. The van der Waals surface area contributed by atoms with Crippen LogP contribution in [0.5, 0.6) is 0 Å². The van der Waals surface area contributed by atoms with Crippen molar-refractivity contribution in [2.24, 2.45) is 5.41 Å². The molecule has 1 amide bonds. The van der Waals surface area contributed by atoms with E-state index in [9.17, 15) is 26.7 Å². The second-order valence-corrected chi connectivity index (χ2v) is 5.51. The molecule has 0 aliphatic rings. The smallest absolute Gasteiger partial charge is 0.257 e. The van der Waals surface area contributed by atoms with Crippen LogP contribution in [-0.2, 0) is 0 Å². The molecule has 0 saturated carbocycles. The van der Waals surface area contributed by atoms with Gasteiger partial charge in [0.25, 0.3) is 5.91 Å². The first-order valence-corrected chi connectivity index (χ1v) is 5.80. The topological polar surface area (TPSA) is 29.1 Å². The average molecular weight is 295 g/mol. The van der Waals surface area contributed by atoms with Crippen LogP contribution in [0.15, 0.2) is 0 Å². The van der Waals surface area contributed by atoms with Crippen LogP contribution in [-0.4, -0.2) is 11.9 Å². The Kier molecular flexibility index (Phi) is 4.41. The van der Waals surface area contributed by atoms with Gasteiger partial charge in [0, 0.05) is 6.04 Å². The summed E-state index contributed by atoms with van der Waals surface area (Å²) in [5.41, 5.74) is -1.92. The summed E-state index contributed by atoms with van der Waals surface area (Å²) in [6.07, 6.45) is 0. The fourth-order valence-corrected chi connectivity index (χ4v) is 1.29. The standard InChI is InChI=1S/C13H14F5NO/c1-5(13(2,3)4)19-12(20)6-7(14)9(16)11(18)10(17)8(6)15/h5H,1-4H3,(H,19,20)/t5-/m1/s1. The number of hydrogen-bond acceptors (Lipinski definition) is 1. The van der Waals surface area contributed by atoms with Crippen LogP contribution < -0.4 is 5.32 Å². The normalized spacial score (nSPS) is 13.2. The molecule has 112 valence electrons. The quantitative estimate of drug-likeness (QED) is 0.504. The Morgan fingerprint density at radius 1 is 0.900 bits per heavy atom. The Morgan fingerprint density at radius 3 is 1.60 bits per heavy atom. The molecule has 20 heavy (non-hydrogen) atoms. The minimum atomic E-state index is -2.29. The average Bonchev–Trinajstić information content (AvgIpc) is 2.33. The summed E-state index contributed by atoms with van der Waals surface area (Å²) in [5.74, 6) is -12.2. The monoisotopic (exact) mass is 295 g/mol. The molecule has 0 aromatic heterocycles. The van der Waals surface area contributed by atoms with Gasteiger partial charge in [-0.3, -0.25) is 4.79 Å². The van der Waals surface area contributed by atoms with E-state index in [1.165, 1.54) is 0 Å². The van der Waals surface area contributed by atoms with Gasteiger partial charge >= 0.3 is 0 Å². The third-order valence-electron chi connectivity index (χ3n) is 3.08. The number of rotatable bonds is 2. The van der Waals surface area contributed by atoms with Crippen LogP contribution in [0.2, 0.25) is 0 Å². The van der Waals surface area contributed by atoms with Gasteiger partial charge in [0.1, 0.15) is 5.56 Å². The van der Waals surface area contributed by atoms with Gasteiger partial charge in [-0.05, 0) is 12.3 Å². The van der Waals surface area contributed by atoms with Crippen LogP contribution in [0.3, 0.4) is 0 Å². The highest BCUT2D eigenvalue weighted by Crippen LogP contribution is 2.24. The van der Waals surface area contributed by atoms with E-state index in [4.69, 9.17) is 0 Å². The molecule has 1 aromatic rings. The van der Waals surface area contributed by atoms with Crippen molar-refractivity contribution in [3.8, 4) is 0 Å². The summed E-state index contributed by atoms with van der Waals surface area (Å²) in [5, 5.41) is 2.22. The van der Waals surface area contributed by atoms with Gasteiger partial charge in [0.2, 0.25) is 5.82 Å². The Bertz CT molecular complexity index is 522. The molecule has 7 heteroatoms. The zero-order chi connectivity index (χ0) is 15.8. The molecule has 0 fully saturated rings. The number of benzene rings is 1. The van der Waals surface area contributed by atoms with Crippen LogP contribution >= 0.6 is 0 Å². The Balaban J connectivity index is 3.25. The first-order valence-electron chi connectivity index (χ1n) is 5.80. The summed E-state index contributed by atoms with van der Waals surface area (Å²) >= 11 is 0. The molecule has 0 radical (unpaired) electrons. The molecular formula is C13H14F5NO. The van der Waals surface area contributed by atoms with Crippen LogP contribution in [0.1, 0.15) is 38.1 Å². The zero-order valence-corrected chi connectivity index (χ0v) is 11.4. The minimum Gasteiger partial charge on any atom is -0.349 e. The van der Waals surface area contributed by atoms with Crippen LogP contribution in [0.4, 0.5) is 22.0 Å². The summed E-state index contributed by atoms with van der Waals surface area (Å²) in [4.78, 5) is 11.7. The molecule has 0 bridgehead atoms. The molecule has 0 aliphatic carbocycles. The maximum absolute atomic E-state index is 13.4. The van der Waals surface area contributed by atoms with Crippen molar-refractivity contribution in [2.75, 3.05) is 0 Å². The SMILES string of the molecule is C[C@@H](NC(=O)c1c(F)c(F)c(F)c(F)c1F)C(C)(C)C. The Labute approximate surface area is 113 Å². The molecule has 1 N–H and O–H groups in total. The van der Waals surface area contributed by atoms with E-state index in [1.807, 2.05) is 0 Å². The highest BCUT2D eigenvalue weighted by atomic mass is 19.2. The summed E-state index contributed by atoms with van der Waals surface area (Å²) in [6, 6.07) is -0.537. The minimum absolute atomic E-state index is 0.445. The summed E-state index contributed by atoms with van der Waals surface area (Å²) < 4.78 is 65.7. The van der Waals surface area contributed by atoms with E-state index in [0.717, 1.165) is 0 Å². The molecule has 2 nitrogen and oxygen atoms in total. The summed E-state index contributed by atoms with van der Waals surface area (Å²) in [6.45, 7) is 6.80. The highest BCUT2D eigenvalue weighted by Gasteiger charge is 2.31. The molecule has 1 atom stereocenters. The van der Waals surface area contributed by atoms with Crippen molar-refractivity contribution in [1.82, 2.24) is 5.32 Å². The van der Waals surface area contributed by atoms with Crippen LogP contribution in [0.25, 0.3) is 0 Å². The molecule has 1 rings (SSSR count). The van der Waals surface area contributed by atoms with E-state index >= 15 is 0 Å². The third kappa shape index (κ3) is 2.91. The molecule has 0 unspecified atom stereocenters. The first-order chi connectivity index (χ1) is 8.98. The van der Waals surface area contributed by atoms with Crippen molar-refractivity contribution in [2.45, 2.75) is 33.7 Å². The first kappa shape index (κ1) is 16.4.